The number of esters is 2. The number of hydrogen-bond acceptors (Lipinski definition) is 10. The molecule has 2 amide bonds. The van der Waals surface area contributed by atoms with E-state index in [1.165, 1.54) is 0 Å². The lowest BCUT2D eigenvalue weighted by atomic mass is 10.2. The summed E-state index contributed by atoms with van der Waals surface area (Å²) in [6, 6.07) is -2.44. The molecule has 10 nitrogen and oxygen atoms in total. The lowest BCUT2D eigenvalue weighted by Gasteiger charge is -2.25. The Labute approximate surface area is 234 Å². The van der Waals surface area contributed by atoms with E-state index in [9.17, 15) is 19.2 Å². The Bertz CT molecular complexity index is 766. The van der Waals surface area contributed by atoms with Gasteiger partial charge in [-0.1, -0.05) is 61.4 Å². The van der Waals surface area contributed by atoms with Crippen LogP contribution >= 0.6 is 21.6 Å². The average molecular weight is 577 g/mol. The number of alkyl carbamates (subject to hydrolysis) is 2. The summed E-state index contributed by atoms with van der Waals surface area (Å²) in [5.41, 5.74) is -1.56. The maximum absolute atomic E-state index is 12.7. The first-order valence-electron chi connectivity index (χ1n) is 12.5. The summed E-state index contributed by atoms with van der Waals surface area (Å²) < 4.78 is 21.1. The first-order chi connectivity index (χ1) is 17.5. The molecule has 0 saturated heterocycles. The van der Waals surface area contributed by atoms with Gasteiger partial charge in [-0.05, 0) is 54.4 Å². The molecule has 0 bridgehead atoms. The van der Waals surface area contributed by atoms with Crippen molar-refractivity contribution >= 4 is 45.7 Å². The summed E-state index contributed by atoms with van der Waals surface area (Å²) in [6.45, 7) is 22.3. The third-order valence-corrected chi connectivity index (χ3v) is 6.70. The third kappa shape index (κ3) is 16.5. The molecule has 2 N–H and O–H groups in total. The van der Waals surface area contributed by atoms with Crippen molar-refractivity contribution in [1.82, 2.24) is 10.6 Å². The number of rotatable bonds is 15. The van der Waals surface area contributed by atoms with Gasteiger partial charge in [-0.3, -0.25) is 0 Å². The molecule has 0 spiro atoms. The van der Waals surface area contributed by atoms with Crippen molar-refractivity contribution in [2.24, 2.45) is 0 Å². The minimum absolute atomic E-state index is 0.186. The number of unbranched alkanes of at least 4 members (excludes halogenated alkanes) is 2. The lowest BCUT2D eigenvalue weighted by Crippen LogP contribution is -2.45. The topological polar surface area (TPSA) is 129 Å². The summed E-state index contributed by atoms with van der Waals surface area (Å²) in [5.74, 6) is -1.40. The summed E-state index contributed by atoms with van der Waals surface area (Å²) in [6.07, 6.45) is 1.34. The normalized spacial score (nSPS) is 12.9. The van der Waals surface area contributed by atoms with E-state index in [-0.39, 0.29) is 23.0 Å². The van der Waals surface area contributed by atoms with Gasteiger partial charge in [0.2, 0.25) is 0 Å². The highest BCUT2D eigenvalue weighted by Gasteiger charge is 2.31. The molecule has 0 aromatic rings. The monoisotopic (exact) mass is 576 g/mol. The van der Waals surface area contributed by atoms with E-state index in [0.29, 0.717) is 12.8 Å². The molecule has 2 atom stereocenters. The summed E-state index contributed by atoms with van der Waals surface area (Å²) >= 11 is 0. The number of amides is 2. The smallest absolute Gasteiger partial charge is 0.408 e. The van der Waals surface area contributed by atoms with E-state index in [1.54, 1.807) is 41.5 Å². The largest absolute Gasteiger partial charge is 0.464 e. The molecule has 0 aliphatic rings. The second-order valence-corrected chi connectivity index (χ2v) is 12.7. The van der Waals surface area contributed by atoms with Crippen molar-refractivity contribution in [2.45, 2.75) is 104 Å². The van der Waals surface area contributed by atoms with Crippen molar-refractivity contribution in [1.29, 1.82) is 0 Å². The van der Waals surface area contributed by atoms with Gasteiger partial charge in [-0.2, -0.15) is 0 Å². The average Bonchev–Trinajstić information content (AvgIpc) is 2.77. The maximum atomic E-state index is 12.7. The summed E-state index contributed by atoms with van der Waals surface area (Å²) in [7, 11) is 1.97. The second-order valence-electron chi connectivity index (χ2n) is 10.3. The molecule has 0 aromatic carbocycles. The van der Waals surface area contributed by atoms with Crippen molar-refractivity contribution in [3.05, 3.63) is 23.0 Å². The highest BCUT2D eigenvalue weighted by atomic mass is 33.1. The van der Waals surface area contributed by atoms with Crippen LogP contribution in [0.1, 0.15) is 81.1 Å². The van der Waals surface area contributed by atoms with Crippen LogP contribution in [0.25, 0.3) is 0 Å². The molecule has 0 radical (unpaired) electrons. The van der Waals surface area contributed by atoms with Crippen LogP contribution in [0.15, 0.2) is 23.0 Å². The minimum Gasteiger partial charge on any atom is -0.464 e. The van der Waals surface area contributed by atoms with Gasteiger partial charge in [0.25, 0.3) is 0 Å². The molecule has 0 unspecified atom stereocenters. The first kappa shape index (κ1) is 35.7. The Morgan fingerprint density at radius 2 is 1.00 bits per heavy atom. The summed E-state index contributed by atoms with van der Waals surface area (Å²) in [4.78, 5) is 50.6. The Morgan fingerprint density at radius 3 is 1.26 bits per heavy atom. The lowest BCUT2D eigenvalue weighted by molar-refractivity contribution is -0.145. The zero-order chi connectivity index (χ0) is 29.5. The van der Waals surface area contributed by atoms with Gasteiger partial charge >= 0.3 is 24.1 Å². The van der Waals surface area contributed by atoms with Crippen molar-refractivity contribution < 1.29 is 38.1 Å². The molecule has 0 aliphatic heterocycles. The van der Waals surface area contributed by atoms with Crippen LogP contribution in [-0.2, 0) is 28.5 Å². The number of nitrogens with one attached hydrogen (secondary N) is 2. The van der Waals surface area contributed by atoms with Crippen LogP contribution in [0, 0.1) is 0 Å². The highest BCUT2D eigenvalue weighted by Crippen LogP contribution is 2.38. The van der Waals surface area contributed by atoms with Crippen LogP contribution in [0.3, 0.4) is 0 Å². The van der Waals surface area contributed by atoms with Gasteiger partial charge in [0.1, 0.15) is 11.2 Å². The Morgan fingerprint density at radius 1 is 0.684 bits per heavy atom. The van der Waals surface area contributed by atoms with Crippen LogP contribution < -0.4 is 10.6 Å². The van der Waals surface area contributed by atoms with Crippen molar-refractivity contribution in [3.8, 4) is 0 Å². The Kier molecular flexibility index (Phi) is 16.2. The molecular weight excluding hydrogens is 532 g/mol. The fourth-order valence-corrected chi connectivity index (χ4v) is 4.33. The van der Waals surface area contributed by atoms with Crippen LogP contribution in [-0.4, -0.2) is 60.6 Å². The number of carbonyl (C=O) groups is 4. The zero-order valence-corrected chi connectivity index (χ0v) is 25.5. The van der Waals surface area contributed by atoms with Crippen LogP contribution in [0.4, 0.5) is 9.59 Å². The summed E-state index contributed by atoms with van der Waals surface area (Å²) in [5, 5.41) is 4.98. The van der Waals surface area contributed by atoms with Crippen LogP contribution in [0.2, 0.25) is 0 Å². The van der Waals surface area contributed by atoms with Crippen LogP contribution in [0.5, 0.6) is 0 Å². The number of hydrogen-bond donors (Lipinski definition) is 2. The molecule has 218 valence electrons. The quantitative estimate of drug-likeness (QED) is 0.106. The van der Waals surface area contributed by atoms with E-state index in [1.807, 2.05) is 13.8 Å². The fraction of sp³-hybridized carbons (Fsp3) is 0.692. The van der Waals surface area contributed by atoms with E-state index in [0.717, 1.165) is 34.4 Å². The van der Waals surface area contributed by atoms with Gasteiger partial charge in [0, 0.05) is 9.81 Å². The Balaban J connectivity index is 5.53. The predicted molar refractivity (Wildman–Crippen MR) is 152 cm³/mol. The molecule has 0 rings (SSSR count). The second kappa shape index (κ2) is 17.3. The standard InChI is InChI=1S/C26H44N2O8S2/c1-11-13-15-33-21(29)19(27-23(31)35-25(5,6)7)17(3)37-38-18(4)20(22(30)34-16-14-12-2)28-24(32)36-26(8,9)10/h19-20H,3-4,11-16H2,1-2,5-10H3,(H,27,31)(H,28,32)/t19-,20-/m0/s1. The molecule has 38 heavy (non-hydrogen) atoms. The van der Waals surface area contributed by atoms with E-state index >= 15 is 0 Å². The molecular formula is C26H44N2O8S2. The van der Waals surface area contributed by atoms with E-state index < -0.39 is 47.4 Å². The number of ether oxygens (including phenoxy) is 4. The molecule has 0 fully saturated rings. The predicted octanol–water partition coefficient (Wildman–Crippen LogP) is 5.87. The van der Waals surface area contributed by atoms with Gasteiger partial charge < -0.3 is 29.6 Å². The van der Waals surface area contributed by atoms with Gasteiger partial charge in [0.05, 0.1) is 13.2 Å². The molecule has 0 aromatic heterocycles. The molecule has 12 heteroatoms. The zero-order valence-electron chi connectivity index (χ0n) is 23.9. The Hall–Kier alpha value is -2.34. The molecule has 0 heterocycles. The van der Waals surface area contributed by atoms with Crippen molar-refractivity contribution in [3.63, 3.8) is 0 Å². The SMILES string of the molecule is C=C(SSC(=C)[C@H](NC(=O)OC(C)(C)C)C(=O)OCCCC)[C@H](NC(=O)OC(C)(C)C)C(=O)OCCCC. The van der Waals surface area contributed by atoms with E-state index in [2.05, 4.69) is 23.8 Å². The fourth-order valence-electron chi connectivity index (χ4n) is 2.40. The highest BCUT2D eigenvalue weighted by molar-refractivity contribution is 8.79. The molecule has 0 saturated carbocycles. The van der Waals surface area contributed by atoms with E-state index in [4.69, 9.17) is 18.9 Å². The maximum Gasteiger partial charge on any atom is 0.408 e. The van der Waals surface area contributed by atoms with Crippen molar-refractivity contribution in [2.75, 3.05) is 13.2 Å². The van der Waals surface area contributed by atoms with Gasteiger partial charge in [-0.25, -0.2) is 19.2 Å². The number of carbonyl (C=O) groups excluding carboxylic acids is 4. The third-order valence-electron chi connectivity index (χ3n) is 4.18. The van der Waals surface area contributed by atoms with Gasteiger partial charge in [0.15, 0.2) is 12.1 Å². The molecule has 0 aliphatic carbocycles. The first-order valence-corrected chi connectivity index (χ1v) is 14.7. The van der Waals surface area contributed by atoms with Gasteiger partial charge in [-0.15, -0.1) is 0 Å². The minimum atomic E-state index is -1.22.